The number of rotatable bonds is 9. The Morgan fingerprint density at radius 1 is 0.780 bits per heavy atom. The minimum absolute atomic E-state index is 0.0275. The lowest BCUT2D eigenvalue weighted by Gasteiger charge is -2.28. The van der Waals surface area contributed by atoms with E-state index in [1.54, 1.807) is 60.7 Å². The molecule has 1 amide bonds. The first kappa shape index (κ1) is 29.6. The molecule has 1 atom stereocenters. The fourth-order valence-corrected chi connectivity index (χ4v) is 5.54. The maximum atomic E-state index is 13.2. The van der Waals surface area contributed by atoms with Crippen LogP contribution in [-0.4, -0.2) is 32.4 Å². The number of hydrogen-bond acceptors (Lipinski definition) is 5. The monoisotopic (exact) mass is 570 g/mol. The number of amides is 1. The predicted molar refractivity (Wildman–Crippen MR) is 163 cm³/mol. The minimum Gasteiger partial charge on any atom is -0.457 e. The molecule has 0 aliphatic carbocycles. The number of anilines is 2. The van der Waals surface area contributed by atoms with Gasteiger partial charge in [-0.3, -0.25) is 13.9 Å². The fourth-order valence-electron chi connectivity index (χ4n) is 4.37. The zero-order chi connectivity index (χ0) is 29.8. The lowest BCUT2D eigenvalue weighted by atomic mass is 9.86. The smallest absolute Gasteiger partial charge is 0.247 e. The van der Waals surface area contributed by atoms with E-state index in [0.29, 0.717) is 34.0 Å². The number of hydrogen-bond donors (Lipinski definition) is 1. The van der Waals surface area contributed by atoms with E-state index in [1.807, 2.05) is 42.5 Å². The van der Waals surface area contributed by atoms with Crippen LogP contribution in [0.25, 0.3) is 0 Å². The van der Waals surface area contributed by atoms with E-state index in [9.17, 15) is 18.0 Å². The van der Waals surface area contributed by atoms with E-state index in [2.05, 4.69) is 26.1 Å². The predicted octanol–water partition coefficient (Wildman–Crippen LogP) is 6.80. The third-order valence-electron chi connectivity index (χ3n) is 6.56. The van der Waals surface area contributed by atoms with Crippen LogP contribution in [0.1, 0.15) is 49.2 Å². The van der Waals surface area contributed by atoms with Crippen molar-refractivity contribution < 1.29 is 22.7 Å². The number of ketones is 1. The second-order valence-corrected chi connectivity index (χ2v) is 12.7. The van der Waals surface area contributed by atoms with Gasteiger partial charge in [-0.2, -0.15) is 0 Å². The average Bonchev–Trinajstić information content (AvgIpc) is 2.93. The summed E-state index contributed by atoms with van der Waals surface area (Å²) >= 11 is 0. The van der Waals surface area contributed by atoms with Crippen molar-refractivity contribution in [2.75, 3.05) is 15.9 Å². The number of sulfonamides is 1. The first-order valence-electron chi connectivity index (χ1n) is 13.2. The molecule has 1 N–H and O–H groups in total. The molecule has 0 radical (unpaired) electrons. The van der Waals surface area contributed by atoms with E-state index in [0.717, 1.165) is 16.1 Å². The molecule has 0 saturated carbocycles. The number of carbonyl (C=O) groups excluding carboxylic acids is 2. The Labute approximate surface area is 241 Å². The molecule has 0 saturated heterocycles. The standard InChI is InChI=1S/C33H34N2O5S/c1-23(35(41(5,38)39)28-18-20-30(21-19-28)40-29-12-7-6-8-13-29)32(37)34-27-11-9-10-25(22-27)31(36)24-14-16-26(17-15-24)33(2,3)4/h6-23H,1-5H3,(H,34,37). The molecule has 0 bridgehead atoms. The van der Waals surface area contributed by atoms with E-state index in [-0.39, 0.29) is 11.2 Å². The molecular weight excluding hydrogens is 536 g/mol. The van der Waals surface area contributed by atoms with Crippen molar-refractivity contribution in [3.05, 3.63) is 120 Å². The van der Waals surface area contributed by atoms with Gasteiger partial charge in [0.25, 0.3) is 0 Å². The summed E-state index contributed by atoms with van der Waals surface area (Å²) in [6, 6.07) is 28.7. The zero-order valence-corrected chi connectivity index (χ0v) is 24.6. The third kappa shape index (κ3) is 7.41. The van der Waals surface area contributed by atoms with Crippen LogP contribution in [-0.2, 0) is 20.2 Å². The van der Waals surface area contributed by atoms with Gasteiger partial charge < -0.3 is 10.1 Å². The van der Waals surface area contributed by atoms with Crippen LogP contribution in [0.3, 0.4) is 0 Å². The van der Waals surface area contributed by atoms with Crippen molar-refractivity contribution in [1.29, 1.82) is 0 Å². The van der Waals surface area contributed by atoms with E-state index in [1.165, 1.54) is 6.92 Å². The van der Waals surface area contributed by atoms with Crippen LogP contribution in [0.4, 0.5) is 11.4 Å². The van der Waals surface area contributed by atoms with Crippen molar-refractivity contribution in [1.82, 2.24) is 0 Å². The summed E-state index contributed by atoms with van der Waals surface area (Å²) in [5, 5.41) is 2.76. The molecule has 1 unspecified atom stereocenters. The van der Waals surface area contributed by atoms with Gasteiger partial charge >= 0.3 is 0 Å². The van der Waals surface area contributed by atoms with Crippen LogP contribution in [0.5, 0.6) is 11.5 Å². The Bertz CT molecular complexity index is 1630. The molecule has 4 aromatic rings. The highest BCUT2D eigenvalue weighted by Gasteiger charge is 2.29. The van der Waals surface area contributed by atoms with Gasteiger partial charge in [0, 0.05) is 16.8 Å². The molecule has 212 valence electrons. The number of benzene rings is 4. The highest BCUT2D eigenvalue weighted by molar-refractivity contribution is 7.92. The number of ether oxygens (including phenoxy) is 1. The third-order valence-corrected chi connectivity index (χ3v) is 7.81. The summed E-state index contributed by atoms with van der Waals surface area (Å²) in [7, 11) is -3.82. The van der Waals surface area contributed by atoms with Crippen molar-refractivity contribution in [2.45, 2.75) is 39.2 Å². The minimum atomic E-state index is -3.82. The summed E-state index contributed by atoms with van der Waals surface area (Å²) in [5.41, 5.74) is 2.75. The molecular formula is C33H34N2O5S. The highest BCUT2D eigenvalue weighted by Crippen LogP contribution is 2.28. The quantitative estimate of drug-likeness (QED) is 0.223. The lowest BCUT2D eigenvalue weighted by Crippen LogP contribution is -2.45. The maximum Gasteiger partial charge on any atom is 0.247 e. The summed E-state index contributed by atoms with van der Waals surface area (Å²) in [5.74, 6) is 0.458. The summed E-state index contributed by atoms with van der Waals surface area (Å²) in [6.45, 7) is 7.84. The molecule has 0 aromatic heterocycles. The van der Waals surface area contributed by atoms with Gasteiger partial charge in [-0.15, -0.1) is 0 Å². The normalized spacial score (nSPS) is 12.3. The number of para-hydroxylation sites is 1. The Morgan fingerprint density at radius 3 is 1.98 bits per heavy atom. The highest BCUT2D eigenvalue weighted by atomic mass is 32.2. The average molecular weight is 571 g/mol. The Hall–Kier alpha value is -4.43. The first-order chi connectivity index (χ1) is 19.3. The second-order valence-electron chi connectivity index (χ2n) is 10.9. The molecule has 4 aromatic carbocycles. The van der Waals surface area contributed by atoms with Crippen molar-refractivity contribution in [3.8, 4) is 11.5 Å². The van der Waals surface area contributed by atoms with Crippen molar-refractivity contribution in [2.24, 2.45) is 0 Å². The molecule has 0 aliphatic heterocycles. The van der Waals surface area contributed by atoms with Gasteiger partial charge in [0.1, 0.15) is 17.5 Å². The molecule has 41 heavy (non-hydrogen) atoms. The Morgan fingerprint density at radius 2 is 1.39 bits per heavy atom. The van der Waals surface area contributed by atoms with Crippen LogP contribution in [0, 0.1) is 0 Å². The summed E-state index contributed by atoms with van der Waals surface area (Å²) in [4.78, 5) is 26.4. The van der Waals surface area contributed by atoms with Gasteiger partial charge in [-0.05, 0) is 66.4 Å². The largest absolute Gasteiger partial charge is 0.457 e. The number of nitrogens with one attached hydrogen (secondary N) is 1. The topological polar surface area (TPSA) is 92.8 Å². The summed E-state index contributed by atoms with van der Waals surface area (Å²) < 4.78 is 32.4. The first-order valence-corrected chi connectivity index (χ1v) is 15.1. The molecule has 0 aliphatic rings. The Balaban J connectivity index is 1.50. The van der Waals surface area contributed by atoms with Gasteiger partial charge in [-0.25, -0.2) is 8.42 Å². The molecule has 8 heteroatoms. The Kier molecular flexibility index (Phi) is 8.63. The molecule has 0 spiro atoms. The van der Waals surface area contributed by atoms with E-state index < -0.39 is 22.0 Å². The van der Waals surface area contributed by atoms with Gasteiger partial charge in [0.15, 0.2) is 5.78 Å². The second kappa shape index (κ2) is 12.0. The van der Waals surface area contributed by atoms with Crippen LogP contribution in [0.2, 0.25) is 0 Å². The molecule has 4 rings (SSSR count). The van der Waals surface area contributed by atoms with Crippen LogP contribution in [0.15, 0.2) is 103 Å². The van der Waals surface area contributed by atoms with Gasteiger partial charge in [-0.1, -0.05) is 75.4 Å². The molecule has 7 nitrogen and oxygen atoms in total. The van der Waals surface area contributed by atoms with Crippen LogP contribution < -0.4 is 14.4 Å². The zero-order valence-electron chi connectivity index (χ0n) is 23.8. The van der Waals surface area contributed by atoms with E-state index in [4.69, 9.17) is 4.74 Å². The van der Waals surface area contributed by atoms with E-state index >= 15 is 0 Å². The molecule has 0 heterocycles. The maximum absolute atomic E-state index is 13.2. The molecule has 0 fully saturated rings. The lowest BCUT2D eigenvalue weighted by molar-refractivity contribution is -0.116. The van der Waals surface area contributed by atoms with Gasteiger partial charge in [0.2, 0.25) is 15.9 Å². The van der Waals surface area contributed by atoms with Crippen molar-refractivity contribution >= 4 is 33.1 Å². The summed E-state index contributed by atoms with van der Waals surface area (Å²) in [6.07, 6.45) is 1.05. The SMILES string of the molecule is CC(C(=O)Nc1cccc(C(=O)c2ccc(C(C)(C)C)cc2)c1)N(c1ccc(Oc2ccccc2)cc1)S(C)(=O)=O. The number of carbonyl (C=O) groups is 2. The van der Waals surface area contributed by atoms with Crippen LogP contribution >= 0.6 is 0 Å². The van der Waals surface area contributed by atoms with Crippen molar-refractivity contribution in [3.63, 3.8) is 0 Å². The fraction of sp³-hybridized carbons (Fsp3) is 0.212. The van der Waals surface area contributed by atoms with Gasteiger partial charge in [0.05, 0.1) is 11.9 Å². The number of nitrogens with zero attached hydrogens (tertiary/aromatic N) is 1.